The average Bonchev–Trinajstić information content (AvgIpc) is 2.94. The van der Waals surface area contributed by atoms with E-state index in [-0.39, 0.29) is 16.7 Å². The van der Waals surface area contributed by atoms with Crippen LogP contribution in [-0.2, 0) is 4.79 Å². The lowest BCUT2D eigenvalue weighted by Gasteiger charge is -2.13. The van der Waals surface area contributed by atoms with Crippen molar-refractivity contribution in [1.29, 1.82) is 0 Å². The summed E-state index contributed by atoms with van der Waals surface area (Å²) in [7, 11) is 0. The van der Waals surface area contributed by atoms with E-state index in [1.165, 1.54) is 22.8 Å². The van der Waals surface area contributed by atoms with Crippen molar-refractivity contribution in [3.05, 3.63) is 63.3 Å². The molecule has 3 rings (SSSR count). The molecule has 0 bridgehead atoms. The fourth-order valence-corrected chi connectivity index (χ4v) is 3.66. The topological polar surface area (TPSA) is 91.6 Å². The van der Waals surface area contributed by atoms with Gasteiger partial charge in [0.25, 0.3) is 5.91 Å². The second-order valence-electron chi connectivity index (χ2n) is 6.39. The minimum absolute atomic E-state index is 0.0163. The molecule has 0 saturated carbocycles. The largest absolute Gasteiger partial charge is 0.508 e. The summed E-state index contributed by atoms with van der Waals surface area (Å²) in [6.07, 6.45) is 0. The third kappa shape index (κ3) is 3.46. The van der Waals surface area contributed by atoms with Crippen molar-refractivity contribution in [1.82, 2.24) is 9.88 Å². The molecular formula is C20H18Cl2N2O4. The molecule has 0 aliphatic rings. The Kier molecular flexibility index (Phi) is 5.65. The number of phenols is 1. The number of aromatic hydroxyl groups is 1. The minimum atomic E-state index is -0.653. The van der Waals surface area contributed by atoms with Gasteiger partial charge < -0.3 is 15.5 Å². The SMILES string of the molecule is Cc1c([C@H](C)C(=O)NCO)c2cc(O)ccc2n1C(=O)c1ccc(Cl)c(Cl)c1. The third-order valence-electron chi connectivity index (χ3n) is 4.69. The van der Waals surface area contributed by atoms with Crippen LogP contribution in [0, 0.1) is 6.92 Å². The number of phenolic OH excluding ortho intramolecular Hbond substituents is 1. The first kappa shape index (κ1) is 20.2. The van der Waals surface area contributed by atoms with Gasteiger partial charge in [0.05, 0.1) is 21.5 Å². The molecule has 1 heterocycles. The van der Waals surface area contributed by atoms with Crippen molar-refractivity contribution in [3.63, 3.8) is 0 Å². The van der Waals surface area contributed by atoms with Crippen LogP contribution in [0.2, 0.25) is 10.0 Å². The summed E-state index contributed by atoms with van der Waals surface area (Å²) in [5.74, 6) is -1.37. The van der Waals surface area contributed by atoms with E-state index >= 15 is 0 Å². The molecule has 146 valence electrons. The Balaban J connectivity index is 2.23. The molecule has 0 spiro atoms. The number of amides is 1. The number of aliphatic hydroxyl groups excluding tert-OH is 1. The molecule has 3 aromatic rings. The van der Waals surface area contributed by atoms with E-state index in [2.05, 4.69) is 5.32 Å². The lowest BCUT2D eigenvalue weighted by Crippen LogP contribution is -2.29. The molecule has 1 amide bonds. The first-order valence-corrected chi connectivity index (χ1v) is 9.24. The maximum absolute atomic E-state index is 13.2. The van der Waals surface area contributed by atoms with E-state index in [1.54, 1.807) is 32.0 Å². The Labute approximate surface area is 171 Å². The molecule has 0 saturated heterocycles. The molecule has 0 unspecified atom stereocenters. The number of nitrogens with one attached hydrogen (secondary N) is 1. The fourth-order valence-electron chi connectivity index (χ4n) is 3.36. The van der Waals surface area contributed by atoms with E-state index in [4.69, 9.17) is 28.3 Å². The fraction of sp³-hybridized carbons (Fsp3) is 0.200. The Morgan fingerprint density at radius 3 is 2.50 bits per heavy atom. The number of nitrogens with zero attached hydrogens (tertiary/aromatic N) is 1. The highest BCUT2D eigenvalue weighted by Crippen LogP contribution is 2.35. The molecule has 0 radical (unpaired) electrons. The summed E-state index contributed by atoms with van der Waals surface area (Å²) in [4.78, 5) is 25.5. The van der Waals surface area contributed by atoms with Crippen LogP contribution in [0.3, 0.4) is 0 Å². The van der Waals surface area contributed by atoms with Crippen molar-refractivity contribution < 1.29 is 19.8 Å². The number of fused-ring (bicyclic) bond motifs is 1. The van der Waals surface area contributed by atoms with Gasteiger partial charge in [0.2, 0.25) is 5.91 Å². The van der Waals surface area contributed by atoms with Gasteiger partial charge in [-0.2, -0.15) is 0 Å². The Morgan fingerprint density at radius 1 is 1.14 bits per heavy atom. The molecule has 3 N–H and O–H groups in total. The number of halogens is 2. The minimum Gasteiger partial charge on any atom is -0.508 e. The van der Waals surface area contributed by atoms with E-state index in [9.17, 15) is 14.7 Å². The number of carbonyl (C=O) groups is 2. The van der Waals surface area contributed by atoms with Crippen molar-refractivity contribution in [2.24, 2.45) is 0 Å². The van der Waals surface area contributed by atoms with Crippen molar-refractivity contribution in [3.8, 4) is 5.75 Å². The van der Waals surface area contributed by atoms with Gasteiger partial charge in [-0.15, -0.1) is 0 Å². The molecule has 28 heavy (non-hydrogen) atoms. The number of rotatable bonds is 4. The van der Waals surface area contributed by atoms with Crippen LogP contribution in [0.1, 0.15) is 34.5 Å². The molecule has 6 nitrogen and oxygen atoms in total. The molecule has 1 atom stereocenters. The lowest BCUT2D eigenvalue weighted by molar-refractivity contribution is -0.123. The molecule has 2 aromatic carbocycles. The molecule has 0 aliphatic carbocycles. The van der Waals surface area contributed by atoms with Gasteiger partial charge in [0.15, 0.2) is 0 Å². The van der Waals surface area contributed by atoms with Crippen molar-refractivity contribution >= 4 is 45.9 Å². The maximum atomic E-state index is 13.2. The van der Waals surface area contributed by atoms with Crippen LogP contribution < -0.4 is 5.32 Å². The number of hydrogen-bond donors (Lipinski definition) is 3. The molecule has 1 aromatic heterocycles. The number of hydrogen-bond acceptors (Lipinski definition) is 4. The number of aromatic nitrogens is 1. The lowest BCUT2D eigenvalue weighted by atomic mass is 9.97. The number of aliphatic hydroxyl groups is 1. The smallest absolute Gasteiger partial charge is 0.262 e. The molecule has 0 fully saturated rings. The van der Waals surface area contributed by atoms with E-state index in [1.807, 2.05) is 0 Å². The van der Waals surface area contributed by atoms with Crippen LogP contribution in [0.4, 0.5) is 0 Å². The first-order valence-electron chi connectivity index (χ1n) is 8.48. The predicted molar refractivity (Wildman–Crippen MR) is 108 cm³/mol. The Morgan fingerprint density at radius 2 is 1.86 bits per heavy atom. The monoisotopic (exact) mass is 420 g/mol. The normalized spacial score (nSPS) is 12.2. The first-order chi connectivity index (χ1) is 13.3. The maximum Gasteiger partial charge on any atom is 0.262 e. The molecule has 8 heteroatoms. The summed E-state index contributed by atoms with van der Waals surface area (Å²) in [6, 6.07) is 9.21. The van der Waals surface area contributed by atoms with Gasteiger partial charge in [-0.3, -0.25) is 14.2 Å². The summed E-state index contributed by atoms with van der Waals surface area (Å²) in [5, 5.41) is 22.5. The second-order valence-corrected chi connectivity index (χ2v) is 7.21. The highest BCUT2D eigenvalue weighted by Gasteiger charge is 2.26. The van der Waals surface area contributed by atoms with Crippen LogP contribution in [0.15, 0.2) is 36.4 Å². The highest BCUT2D eigenvalue weighted by atomic mass is 35.5. The predicted octanol–water partition coefficient (Wildman–Crippen LogP) is 3.82. The van der Waals surface area contributed by atoms with Gasteiger partial charge in [0.1, 0.15) is 12.5 Å². The van der Waals surface area contributed by atoms with E-state index in [0.717, 1.165) is 0 Å². The number of carbonyl (C=O) groups excluding carboxylic acids is 2. The summed E-state index contributed by atoms with van der Waals surface area (Å²) in [6.45, 7) is 2.91. The quantitative estimate of drug-likeness (QED) is 0.559. The molecular weight excluding hydrogens is 403 g/mol. The van der Waals surface area contributed by atoms with E-state index < -0.39 is 18.6 Å². The highest BCUT2D eigenvalue weighted by molar-refractivity contribution is 6.42. The van der Waals surface area contributed by atoms with Gasteiger partial charge in [-0.05, 0) is 55.8 Å². The van der Waals surface area contributed by atoms with Gasteiger partial charge in [0, 0.05) is 16.6 Å². The van der Waals surface area contributed by atoms with E-state index in [0.29, 0.717) is 32.7 Å². The van der Waals surface area contributed by atoms with Crippen LogP contribution in [-0.4, -0.2) is 33.3 Å². The summed E-state index contributed by atoms with van der Waals surface area (Å²) in [5.41, 5.74) is 2.02. The third-order valence-corrected chi connectivity index (χ3v) is 5.42. The standard InChI is InChI=1S/C20H18Cl2N2O4/c1-10(19(27)23-9-25)18-11(2)24(17-6-4-13(26)8-14(17)18)20(28)12-3-5-15(21)16(22)7-12/h3-8,10,25-26H,9H2,1-2H3,(H,23,27)/t10-/m0/s1. The zero-order valence-corrected chi connectivity index (χ0v) is 16.7. The van der Waals surface area contributed by atoms with Crippen molar-refractivity contribution in [2.45, 2.75) is 19.8 Å². The zero-order valence-electron chi connectivity index (χ0n) is 15.2. The second kappa shape index (κ2) is 7.83. The summed E-state index contributed by atoms with van der Waals surface area (Å²) >= 11 is 12.0. The van der Waals surface area contributed by atoms with Gasteiger partial charge in [-0.1, -0.05) is 23.2 Å². The van der Waals surface area contributed by atoms with Crippen molar-refractivity contribution in [2.75, 3.05) is 6.73 Å². The Hall–Kier alpha value is -2.54. The number of benzene rings is 2. The van der Waals surface area contributed by atoms with Crippen LogP contribution in [0.5, 0.6) is 5.75 Å². The average molecular weight is 421 g/mol. The van der Waals surface area contributed by atoms with Crippen LogP contribution in [0.25, 0.3) is 10.9 Å². The van der Waals surface area contributed by atoms with Gasteiger partial charge >= 0.3 is 0 Å². The Bertz CT molecular complexity index is 1090. The summed E-state index contributed by atoms with van der Waals surface area (Å²) < 4.78 is 1.48. The van der Waals surface area contributed by atoms with Crippen LogP contribution >= 0.6 is 23.2 Å². The zero-order chi connectivity index (χ0) is 20.6. The molecule has 0 aliphatic heterocycles. The van der Waals surface area contributed by atoms with Gasteiger partial charge in [-0.25, -0.2) is 0 Å².